The fraction of sp³-hybridized carbons (Fsp3) is 0.278. The zero-order valence-corrected chi connectivity index (χ0v) is 13.4. The van der Waals surface area contributed by atoms with Crippen LogP contribution < -0.4 is 15.4 Å². The number of para-hydroxylation sites is 2. The molecular formula is C18H22N4O2. The van der Waals surface area contributed by atoms with Gasteiger partial charge in [-0.05, 0) is 18.2 Å². The number of hydrogen-bond donors (Lipinski definition) is 4. The molecule has 0 aliphatic heterocycles. The van der Waals surface area contributed by atoms with Crippen LogP contribution in [0.15, 0.2) is 54.7 Å². The van der Waals surface area contributed by atoms with Gasteiger partial charge in [-0.1, -0.05) is 30.3 Å². The first kappa shape index (κ1) is 16.3. The van der Waals surface area contributed by atoms with Gasteiger partial charge in [-0.3, -0.25) is 5.10 Å². The van der Waals surface area contributed by atoms with Crippen molar-refractivity contribution in [3.8, 4) is 5.75 Å². The number of nitrogens with zero attached hydrogens (tertiary/aromatic N) is 1. The summed E-state index contributed by atoms with van der Waals surface area (Å²) in [7, 11) is 0. The highest BCUT2D eigenvalue weighted by molar-refractivity contribution is 5.89. The van der Waals surface area contributed by atoms with E-state index in [0.717, 1.165) is 35.4 Å². The van der Waals surface area contributed by atoms with Crippen LogP contribution in [0.4, 0.5) is 5.69 Å². The molecule has 0 saturated carbocycles. The number of ether oxygens (including phenoxy) is 1. The number of aromatic nitrogens is 2. The predicted molar refractivity (Wildman–Crippen MR) is 95.4 cm³/mol. The van der Waals surface area contributed by atoms with Gasteiger partial charge in [-0.25, -0.2) is 0 Å². The Morgan fingerprint density at radius 1 is 1.08 bits per heavy atom. The van der Waals surface area contributed by atoms with Crippen LogP contribution in [0.5, 0.6) is 5.75 Å². The van der Waals surface area contributed by atoms with Gasteiger partial charge >= 0.3 is 0 Å². The highest BCUT2D eigenvalue weighted by atomic mass is 16.5. The highest BCUT2D eigenvalue weighted by Gasteiger charge is 2.05. The minimum absolute atomic E-state index is 0.276. The molecule has 0 saturated heterocycles. The van der Waals surface area contributed by atoms with Crippen LogP contribution in [0, 0.1) is 0 Å². The largest absolute Gasteiger partial charge is 0.491 e. The summed E-state index contributed by atoms with van der Waals surface area (Å²) >= 11 is 0. The Kier molecular flexibility index (Phi) is 5.65. The molecule has 6 heteroatoms. The summed E-state index contributed by atoms with van der Waals surface area (Å²) in [4.78, 5) is 0. The summed E-state index contributed by atoms with van der Waals surface area (Å²) in [6.45, 7) is 2.26. The molecule has 4 N–H and O–H groups in total. The smallest absolute Gasteiger partial charge is 0.119 e. The topological polar surface area (TPSA) is 82.2 Å². The maximum atomic E-state index is 9.92. The minimum atomic E-state index is -0.541. The van der Waals surface area contributed by atoms with Crippen molar-refractivity contribution in [1.29, 1.82) is 0 Å². The maximum Gasteiger partial charge on any atom is 0.119 e. The van der Waals surface area contributed by atoms with E-state index in [1.54, 1.807) is 0 Å². The maximum absolute atomic E-state index is 9.92. The Morgan fingerprint density at radius 2 is 1.96 bits per heavy atom. The molecule has 0 fully saturated rings. The van der Waals surface area contributed by atoms with Gasteiger partial charge in [0, 0.05) is 25.0 Å². The Hall–Kier alpha value is -2.57. The van der Waals surface area contributed by atoms with Gasteiger partial charge in [-0.2, -0.15) is 5.10 Å². The van der Waals surface area contributed by atoms with Gasteiger partial charge in [0.25, 0.3) is 0 Å². The molecule has 0 bridgehead atoms. The standard InChI is InChI=1S/C18H22N4O2/c23-15(13-24-16-6-2-1-3-7-16)12-19-9-10-20-17-8-4-5-14-11-21-22-18(14)17/h1-8,11,15,19-20,23H,9-10,12-13H2,(H,21,22). The number of nitrogens with one attached hydrogen (secondary N) is 3. The molecule has 3 rings (SSSR count). The number of aliphatic hydroxyl groups is 1. The molecule has 126 valence electrons. The van der Waals surface area contributed by atoms with Crippen LogP contribution in [0.1, 0.15) is 0 Å². The first-order chi connectivity index (χ1) is 11.8. The first-order valence-corrected chi connectivity index (χ1v) is 8.05. The van der Waals surface area contributed by atoms with Crippen LogP contribution >= 0.6 is 0 Å². The van der Waals surface area contributed by atoms with Gasteiger partial charge in [0.1, 0.15) is 18.5 Å². The third-order valence-corrected chi connectivity index (χ3v) is 3.66. The lowest BCUT2D eigenvalue weighted by molar-refractivity contribution is 0.107. The van der Waals surface area contributed by atoms with Gasteiger partial charge in [0.05, 0.1) is 17.4 Å². The lowest BCUT2D eigenvalue weighted by Gasteiger charge is -2.14. The molecule has 1 unspecified atom stereocenters. The van der Waals surface area contributed by atoms with Crippen molar-refractivity contribution >= 4 is 16.6 Å². The zero-order valence-electron chi connectivity index (χ0n) is 13.4. The van der Waals surface area contributed by atoms with Crippen molar-refractivity contribution in [1.82, 2.24) is 15.5 Å². The van der Waals surface area contributed by atoms with E-state index in [4.69, 9.17) is 4.74 Å². The molecule has 24 heavy (non-hydrogen) atoms. The molecule has 6 nitrogen and oxygen atoms in total. The number of hydrogen-bond acceptors (Lipinski definition) is 5. The van der Waals surface area contributed by atoms with E-state index in [1.807, 2.05) is 54.7 Å². The molecule has 0 aliphatic rings. The second-order valence-electron chi connectivity index (χ2n) is 5.55. The summed E-state index contributed by atoms with van der Waals surface area (Å²) in [6.07, 6.45) is 1.27. The number of anilines is 1. The van der Waals surface area contributed by atoms with Crippen molar-refractivity contribution in [3.63, 3.8) is 0 Å². The van der Waals surface area contributed by atoms with Gasteiger partial charge in [-0.15, -0.1) is 0 Å². The molecule has 1 atom stereocenters. The number of H-pyrrole nitrogens is 1. The molecule has 1 heterocycles. The van der Waals surface area contributed by atoms with Gasteiger partial charge < -0.3 is 20.5 Å². The number of aliphatic hydroxyl groups excluding tert-OH is 1. The highest BCUT2D eigenvalue weighted by Crippen LogP contribution is 2.19. The van der Waals surface area contributed by atoms with Crippen molar-refractivity contribution in [2.75, 3.05) is 31.6 Å². The molecule has 2 aromatic carbocycles. The molecule has 0 aliphatic carbocycles. The quantitative estimate of drug-likeness (QED) is 0.452. The van der Waals surface area contributed by atoms with E-state index in [-0.39, 0.29) is 6.61 Å². The zero-order chi connectivity index (χ0) is 16.6. The summed E-state index contributed by atoms with van der Waals surface area (Å²) in [5, 5.41) is 24.6. The number of aromatic amines is 1. The second kappa shape index (κ2) is 8.33. The van der Waals surface area contributed by atoms with Crippen LogP contribution in [0.2, 0.25) is 0 Å². The lowest BCUT2D eigenvalue weighted by Crippen LogP contribution is -2.34. The predicted octanol–water partition coefficient (Wildman–Crippen LogP) is 2.00. The van der Waals surface area contributed by atoms with E-state index in [9.17, 15) is 5.11 Å². The monoisotopic (exact) mass is 326 g/mol. The lowest BCUT2D eigenvalue weighted by atomic mass is 10.2. The fourth-order valence-electron chi connectivity index (χ4n) is 2.44. The van der Waals surface area contributed by atoms with Crippen LogP contribution in [-0.4, -0.2) is 47.6 Å². The van der Waals surface area contributed by atoms with E-state index in [2.05, 4.69) is 20.8 Å². The summed E-state index contributed by atoms with van der Waals surface area (Å²) in [5.74, 6) is 0.769. The SMILES string of the molecule is OC(CNCCNc1cccc2cn[nH]c12)COc1ccccc1. The Labute approximate surface area is 140 Å². The third-order valence-electron chi connectivity index (χ3n) is 3.66. The van der Waals surface area contributed by atoms with Crippen LogP contribution in [0.25, 0.3) is 10.9 Å². The Balaban J connectivity index is 1.33. The van der Waals surface area contributed by atoms with Crippen LogP contribution in [-0.2, 0) is 0 Å². The second-order valence-corrected chi connectivity index (χ2v) is 5.55. The first-order valence-electron chi connectivity index (χ1n) is 8.05. The Bertz CT molecular complexity index is 745. The molecule has 1 aromatic heterocycles. The number of rotatable bonds is 9. The van der Waals surface area contributed by atoms with Crippen molar-refractivity contribution in [2.24, 2.45) is 0 Å². The summed E-state index contributed by atoms with van der Waals surface area (Å²) in [5.41, 5.74) is 2.04. The summed E-state index contributed by atoms with van der Waals surface area (Å²) in [6, 6.07) is 15.5. The summed E-state index contributed by atoms with van der Waals surface area (Å²) < 4.78 is 5.52. The number of benzene rings is 2. The normalized spacial score (nSPS) is 12.2. The van der Waals surface area contributed by atoms with Crippen LogP contribution in [0.3, 0.4) is 0 Å². The third kappa shape index (κ3) is 4.47. The van der Waals surface area contributed by atoms with Gasteiger partial charge in [0.2, 0.25) is 0 Å². The Morgan fingerprint density at radius 3 is 2.83 bits per heavy atom. The molecule has 0 amide bonds. The minimum Gasteiger partial charge on any atom is -0.491 e. The van der Waals surface area contributed by atoms with E-state index >= 15 is 0 Å². The molecule has 0 radical (unpaired) electrons. The average molecular weight is 326 g/mol. The van der Waals surface area contributed by atoms with E-state index in [0.29, 0.717) is 6.54 Å². The fourth-order valence-corrected chi connectivity index (χ4v) is 2.44. The van der Waals surface area contributed by atoms with E-state index < -0.39 is 6.10 Å². The van der Waals surface area contributed by atoms with Gasteiger partial charge in [0.15, 0.2) is 0 Å². The van der Waals surface area contributed by atoms with Crippen molar-refractivity contribution in [2.45, 2.75) is 6.10 Å². The van der Waals surface area contributed by atoms with E-state index in [1.165, 1.54) is 0 Å². The average Bonchev–Trinajstić information content (AvgIpc) is 3.10. The van der Waals surface area contributed by atoms with Crippen molar-refractivity contribution in [3.05, 3.63) is 54.7 Å². The number of fused-ring (bicyclic) bond motifs is 1. The molecule has 0 spiro atoms. The molecular weight excluding hydrogens is 304 g/mol. The van der Waals surface area contributed by atoms with Crippen molar-refractivity contribution < 1.29 is 9.84 Å². The molecule has 3 aromatic rings.